The maximum atomic E-state index is 10.6. The molecule has 0 spiro atoms. The predicted molar refractivity (Wildman–Crippen MR) is 56.8 cm³/mol. The van der Waals surface area contributed by atoms with E-state index in [2.05, 4.69) is 20.5 Å². The van der Waals surface area contributed by atoms with Crippen LogP contribution in [0.15, 0.2) is 30.6 Å². The van der Waals surface area contributed by atoms with Crippen LogP contribution in [-0.4, -0.2) is 20.1 Å². The van der Waals surface area contributed by atoms with Crippen molar-refractivity contribution in [3.05, 3.63) is 46.4 Å². The molecule has 0 saturated heterocycles. The van der Waals surface area contributed by atoms with Crippen LogP contribution in [0, 0.1) is 10.1 Å². The lowest BCUT2D eigenvalue weighted by Crippen LogP contribution is -2.02. The first-order valence-electron chi connectivity index (χ1n) is 4.59. The molecule has 0 saturated carbocycles. The minimum absolute atomic E-state index is 0.143. The van der Waals surface area contributed by atoms with E-state index >= 15 is 0 Å². The average Bonchev–Trinajstić information content (AvgIpc) is 2.76. The van der Waals surface area contributed by atoms with Crippen molar-refractivity contribution in [2.24, 2.45) is 0 Å². The number of hydrogen-bond acceptors (Lipinski definition) is 5. The van der Waals surface area contributed by atoms with Crippen molar-refractivity contribution < 1.29 is 4.92 Å². The molecule has 82 valence electrons. The summed E-state index contributed by atoms with van der Waals surface area (Å²) in [5.74, 6) is -0.143. The fourth-order valence-corrected chi connectivity index (χ4v) is 1.24. The molecule has 2 aromatic heterocycles. The molecule has 7 nitrogen and oxygen atoms in total. The van der Waals surface area contributed by atoms with E-state index in [1.54, 1.807) is 6.20 Å². The largest absolute Gasteiger partial charge is 0.371 e. The molecule has 0 unspecified atom stereocenters. The summed E-state index contributed by atoms with van der Waals surface area (Å²) >= 11 is 0. The van der Waals surface area contributed by atoms with Gasteiger partial charge in [-0.2, -0.15) is 0 Å². The van der Waals surface area contributed by atoms with Gasteiger partial charge in [-0.1, -0.05) is 11.2 Å². The van der Waals surface area contributed by atoms with Gasteiger partial charge in [-0.05, 0) is 17.1 Å². The van der Waals surface area contributed by atoms with E-state index in [0.29, 0.717) is 12.2 Å². The summed E-state index contributed by atoms with van der Waals surface area (Å²) in [6.45, 7) is 0.418. The number of pyridine rings is 1. The first-order chi connectivity index (χ1) is 7.77. The molecular formula is C9H9N5O2. The van der Waals surface area contributed by atoms with Gasteiger partial charge in [-0.25, -0.2) is 0 Å². The molecule has 0 aromatic carbocycles. The lowest BCUT2D eigenvalue weighted by molar-refractivity contribution is -0.388. The Bertz CT molecular complexity index is 482. The van der Waals surface area contributed by atoms with E-state index in [9.17, 15) is 10.1 Å². The summed E-state index contributed by atoms with van der Waals surface area (Å²) < 4.78 is 0. The maximum absolute atomic E-state index is 10.6. The van der Waals surface area contributed by atoms with Gasteiger partial charge in [0, 0.05) is 6.20 Å². The van der Waals surface area contributed by atoms with E-state index in [0.717, 1.165) is 5.69 Å². The van der Waals surface area contributed by atoms with Crippen LogP contribution in [0.4, 0.5) is 11.5 Å². The molecule has 0 radical (unpaired) electrons. The minimum atomic E-state index is -0.520. The SMILES string of the molecule is O=[N+]([O-])c1[nH]ncc1NCc1ccccn1. The zero-order chi connectivity index (χ0) is 11.4. The molecule has 0 bridgehead atoms. The summed E-state index contributed by atoms with van der Waals surface area (Å²) in [6, 6.07) is 5.50. The van der Waals surface area contributed by atoms with Gasteiger partial charge in [0.2, 0.25) is 0 Å². The van der Waals surface area contributed by atoms with E-state index in [1.807, 2.05) is 18.2 Å². The normalized spacial score (nSPS) is 10.0. The van der Waals surface area contributed by atoms with Crippen LogP contribution in [0.25, 0.3) is 0 Å². The van der Waals surface area contributed by atoms with Gasteiger partial charge in [0.25, 0.3) is 0 Å². The van der Waals surface area contributed by atoms with Gasteiger partial charge >= 0.3 is 5.82 Å². The van der Waals surface area contributed by atoms with Crippen molar-refractivity contribution >= 4 is 11.5 Å². The Labute approximate surface area is 90.7 Å². The highest BCUT2D eigenvalue weighted by Gasteiger charge is 2.13. The van der Waals surface area contributed by atoms with Crippen molar-refractivity contribution in [3.63, 3.8) is 0 Å². The van der Waals surface area contributed by atoms with Crippen molar-refractivity contribution in [1.29, 1.82) is 0 Å². The number of rotatable bonds is 4. The molecule has 0 aliphatic carbocycles. The van der Waals surface area contributed by atoms with Crippen LogP contribution < -0.4 is 5.32 Å². The van der Waals surface area contributed by atoms with E-state index in [-0.39, 0.29) is 5.82 Å². The standard InChI is InChI=1S/C9H9N5O2/c15-14(16)9-8(6-12-13-9)11-5-7-3-1-2-4-10-7/h1-4,6,11H,5H2,(H,12,13). The second-order valence-electron chi connectivity index (χ2n) is 3.06. The number of nitrogens with one attached hydrogen (secondary N) is 2. The molecule has 2 heterocycles. The Morgan fingerprint density at radius 2 is 2.38 bits per heavy atom. The zero-order valence-electron chi connectivity index (χ0n) is 8.25. The molecule has 0 atom stereocenters. The van der Waals surface area contributed by atoms with Crippen molar-refractivity contribution in [2.45, 2.75) is 6.54 Å². The number of H-pyrrole nitrogens is 1. The molecule has 16 heavy (non-hydrogen) atoms. The maximum Gasteiger partial charge on any atom is 0.366 e. The van der Waals surface area contributed by atoms with Crippen LogP contribution in [0.1, 0.15) is 5.69 Å². The van der Waals surface area contributed by atoms with Crippen molar-refractivity contribution in [1.82, 2.24) is 15.2 Å². The third-order valence-electron chi connectivity index (χ3n) is 1.99. The fourth-order valence-electron chi connectivity index (χ4n) is 1.24. The summed E-state index contributed by atoms with van der Waals surface area (Å²) in [4.78, 5) is 14.1. The Morgan fingerprint density at radius 3 is 3.06 bits per heavy atom. The van der Waals surface area contributed by atoms with E-state index in [1.165, 1.54) is 6.20 Å². The molecule has 0 fully saturated rings. The Morgan fingerprint density at radius 1 is 1.50 bits per heavy atom. The lowest BCUT2D eigenvalue weighted by atomic mass is 10.3. The molecular weight excluding hydrogens is 210 g/mol. The highest BCUT2D eigenvalue weighted by Crippen LogP contribution is 2.19. The number of nitro groups is 1. The summed E-state index contributed by atoms with van der Waals surface area (Å²) in [7, 11) is 0. The Kier molecular flexibility index (Phi) is 2.77. The van der Waals surface area contributed by atoms with E-state index < -0.39 is 4.92 Å². The van der Waals surface area contributed by atoms with Gasteiger partial charge in [0.1, 0.15) is 6.20 Å². The van der Waals surface area contributed by atoms with Crippen LogP contribution in [0.5, 0.6) is 0 Å². The highest BCUT2D eigenvalue weighted by molar-refractivity contribution is 5.55. The van der Waals surface area contributed by atoms with Gasteiger partial charge in [-0.15, -0.1) is 5.10 Å². The fraction of sp³-hybridized carbons (Fsp3) is 0.111. The summed E-state index contributed by atoms with van der Waals surface area (Å²) in [5, 5.41) is 19.4. The smallest absolute Gasteiger partial charge is 0.366 e. The molecule has 0 aliphatic rings. The van der Waals surface area contributed by atoms with Crippen LogP contribution in [0.2, 0.25) is 0 Å². The quantitative estimate of drug-likeness (QED) is 0.597. The zero-order valence-corrected chi connectivity index (χ0v) is 8.25. The predicted octanol–water partition coefficient (Wildman–Crippen LogP) is 1.32. The molecule has 2 rings (SSSR count). The molecule has 2 aromatic rings. The van der Waals surface area contributed by atoms with E-state index in [4.69, 9.17) is 0 Å². The Hall–Kier alpha value is -2.44. The van der Waals surface area contributed by atoms with Crippen LogP contribution in [0.3, 0.4) is 0 Å². The second kappa shape index (κ2) is 4.39. The number of anilines is 1. The van der Waals surface area contributed by atoms with Crippen LogP contribution in [-0.2, 0) is 6.54 Å². The third-order valence-corrected chi connectivity index (χ3v) is 1.99. The van der Waals surface area contributed by atoms with Gasteiger partial charge in [0.15, 0.2) is 5.69 Å². The number of hydrogen-bond donors (Lipinski definition) is 2. The number of aromatic nitrogens is 3. The number of nitrogens with zero attached hydrogens (tertiary/aromatic N) is 3. The van der Waals surface area contributed by atoms with Gasteiger partial charge < -0.3 is 15.4 Å². The topological polar surface area (TPSA) is 96.7 Å². The Balaban J connectivity index is 2.05. The third kappa shape index (κ3) is 2.14. The lowest BCUT2D eigenvalue weighted by Gasteiger charge is -2.02. The molecule has 7 heteroatoms. The molecule has 0 aliphatic heterocycles. The second-order valence-corrected chi connectivity index (χ2v) is 3.06. The van der Waals surface area contributed by atoms with Crippen LogP contribution >= 0.6 is 0 Å². The average molecular weight is 219 g/mol. The van der Waals surface area contributed by atoms with Gasteiger partial charge in [-0.3, -0.25) is 4.98 Å². The highest BCUT2D eigenvalue weighted by atomic mass is 16.6. The first-order valence-corrected chi connectivity index (χ1v) is 4.59. The molecule has 2 N–H and O–H groups in total. The summed E-state index contributed by atoms with van der Waals surface area (Å²) in [6.07, 6.45) is 3.04. The summed E-state index contributed by atoms with van der Waals surface area (Å²) in [5.41, 5.74) is 1.16. The first kappa shape index (κ1) is 10.1. The minimum Gasteiger partial charge on any atom is -0.371 e. The van der Waals surface area contributed by atoms with Crippen molar-refractivity contribution in [3.8, 4) is 0 Å². The van der Waals surface area contributed by atoms with Crippen molar-refractivity contribution in [2.75, 3.05) is 5.32 Å². The monoisotopic (exact) mass is 219 g/mol. The molecule has 0 amide bonds. The van der Waals surface area contributed by atoms with Gasteiger partial charge in [0.05, 0.1) is 12.2 Å². The number of aromatic amines is 1.